The van der Waals surface area contributed by atoms with Crippen LogP contribution in [0.25, 0.3) is 10.3 Å². The Morgan fingerprint density at radius 2 is 2.25 bits per heavy atom. The number of nitrogen functional groups attached to an aromatic ring is 1. The van der Waals surface area contributed by atoms with Gasteiger partial charge in [0.2, 0.25) is 0 Å². The van der Waals surface area contributed by atoms with Crippen LogP contribution in [0.15, 0.2) is 12.1 Å². The molecular weight excluding hydrogens is 174 g/mol. The first-order valence-corrected chi connectivity index (χ1v) is 4.24. The van der Waals surface area contributed by atoms with Gasteiger partial charge in [0.05, 0.1) is 12.3 Å². The van der Waals surface area contributed by atoms with E-state index in [1.807, 2.05) is 0 Å². The first-order valence-electron chi connectivity index (χ1n) is 3.42. The monoisotopic (exact) mass is 181 g/mol. The average molecular weight is 181 g/mol. The molecule has 0 aromatic carbocycles. The van der Waals surface area contributed by atoms with Crippen molar-refractivity contribution in [3.05, 3.63) is 17.8 Å². The molecule has 62 valence electrons. The fourth-order valence-electron chi connectivity index (χ4n) is 0.960. The number of pyridine rings is 1. The van der Waals surface area contributed by atoms with Gasteiger partial charge < -0.3 is 10.8 Å². The molecule has 0 unspecified atom stereocenters. The van der Waals surface area contributed by atoms with Crippen LogP contribution in [0.5, 0.6) is 0 Å². The van der Waals surface area contributed by atoms with Gasteiger partial charge in [-0.05, 0) is 12.1 Å². The largest absolute Gasteiger partial charge is 0.390 e. The maximum atomic E-state index is 8.79. The van der Waals surface area contributed by atoms with Crippen LogP contribution in [0.3, 0.4) is 0 Å². The molecule has 12 heavy (non-hydrogen) atoms. The van der Waals surface area contributed by atoms with E-state index in [0.717, 1.165) is 10.3 Å². The number of rotatable bonds is 1. The maximum absolute atomic E-state index is 8.79. The lowest BCUT2D eigenvalue weighted by atomic mass is 10.3. The van der Waals surface area contributed by atoms with Gasteiger partial charge in [-0.15, -0.1) is 0 Å². The number of aliphatic hydroxyl groups excluding tert-OH is 1. The Kier molecular flexibility index (Phi) is 1.67. The Hall–Kier alpha value is -1.20. The first kappa shape index (κ1) is 7.45. The van der Waals surface area contributed by atoms with Crippen molar-refractivity contribution in [1.82, 2.24) is 9.97 Å². The summed E-state index contributed by atoms with van der Waals surface area (Å²) < 4.78 is 0. The molecule has 0 atom stereocenters. The summed E-state index contributed by atoms with van der Waals surface area (Å²) in [6.45, 7) is -0.0479. The van der Waals surface area contributed by atoms with E-state index >= 15 is 0 Å². The number of thiazole rings is 1. The number of hydrogen-bond donors (Lipinski definition) is 2. The summed E-state index contributed by atoms with van der Waals surface area (Å²) in [5.41, 5.74) is 6.92. The topological polar surface area (TPSA) is 72.0 Å². The summed E-state index contributed by atoms with van der Waals surface area (Å²) in [4.78, 5) is 8.96. The zero-order valence-corrected chi connectivity index (χ0v) is 7.01. The number of nitrogens with zero attached hydrogens (tertiary/aromatic N) is 2. The number of nitrogens with two attached hydrogens (primary N) is 1. The van der Waals surface area contributed by atoms with E-state index in [1.165, 1.54) is 11.3 Å². The molecule has 0 aliphatic carbocycles. The normalized spacial score (nSPS) is 10.8. The van der Waals surface area contributed by atoms with Crippen molar-refractivity contribution in [3.8, 4) is 0 Å². The molecule has 3 N–H and O–H groups in total. The highest BCUT2D eigenvalue weighted by Gasteiger charge is 2.02. The van der Waals surface area contributed by atoms with Gasteiger partial charge in [0.15, 0.2) is 5.13 Å². The van der Waals surface area contributed by atoms with Gasteiger partial charge in [-0.3, -0.25) is 0 Å². The molecule has 0 spiro atoms. The predicted octanol–water partition coefficient (Wildman–Crippen LogP) is 0.766. The van der Waals surface area contributed by atoms with Crippen LogP contribution in [0.4, 0.5) is 5.13 Å². The number of hydrogen-bond acceptors (Lipinski definition) is 5. The summed E-state index contributed by atoms with van der Waals surface area (Å²) >= 11 is 1.33. The molecule has 5 heteroatoms. The molecular formula is C7H7N3OS. The van der Waals surface area contributed by atoms with Gasteiger partial charge in [0.1, 0.15) is 10.3 Å². The fourth-order valence-corrected chi connectivity index (χ4v) is 1.68. The van der Waals surface area contributed by atoms with Crippen molar-refractivity contribution in [2.45, 2.75) is 6.61 Å². The molecule has 2 aromatic heterocycles. The van der Waals surface area contributed by atoms with Crippen LogP contribution in [-0.4, -0.2) is 15.1 Å². The van der Waals surface area contributed by atoms with Gasteiger partial charge in [-0.1, -0.05) is 11.3 Å². The number of fused-ring (bicyclic) bond motifs is 1. The summed E-state index contributed by atoms with van der Waals surface area (Å²) in [5.74, 6) is 0. The minimum Gasteiger partial charge on any atom is -0.390 e. The quantitative estimate of drug-likeness (QED) is 0.681. The molecule has 0 amide bonds. The van der Waals surface area contributed by atoms with Crippen LogP contribution in [0, 0.1) is 0 Å². The highest BCUT2D eigenvalue weighted by Crippen LogP contribution is 2.21. The summed E-state index contributed by atoms with van der Waals surface area (Å²) in [5, 5.41) is 9.30. The fraction of sp³-hybridized carbons (Fsp3) is 0.143. The number of aromatic nitrogens is 2. The maximum Gasteiger partial charge on any atom is 0.182 e. The lowest BCUT2D eigenvalue weighted by Crippen LogP contribution is -1.86. The second-order valence-electron chi connectivity index (χ2n) is 2.34. The van der Waals surface area contributed by atoms with E-state index in [4.69, 9.17) is 10.8 Å². The standard InChI is InChI=1S/C7H7N3OS/c8-7-10-5-2-1-4(3-11)9-6(5)12-7/h1-2,11H,3H2,(H2,8,10). The second kappa shape index (κ2) is 2.69. The predicted molar refractivity (Wildman–Crippen MR) is 47.8 cm³/mol. The van der Waals surface area contributed by atoms with Gasteiger partial charge in [0, 0.05) is 0 Å². The van der Waals surface area contributed by atoms with E-state index in [0.29, 0.717) is 10.8 Å². The molecule has 0 saturated carbocycles. The third-order valence-corrected chi connectivity index (χ3v) is 2.29. The minimum absolute atomic E-state index is 0.0479. The Labute approximate surface area is 72.7 Å². The number of anilines is 1. The van der Waals surface area contributed by atoms with Crippen molar-refractivity contribution in [1.29, 1.82) is 0 Å². The molecule has 2 aromatic rings. The van der Waals surface area contributed by atoms with Crippen molar-refractivity contribution >= 4 is 26.8 Å². The third-order valence-electron chi connectivity index (χ3n) is 1.49. The van der Waals surface area contributed by atoms with Crippen LogP contribution in [-0.2, 0) is 6.61 Å². The van der Waals surface area contributed by atoms with Crippen molar-refractivity contribution in [3.63, 3.8) is 0 Å². The van der Waals surface area contributed by atoms with Crippen molar-refractivity contribution in [2.24, 2.45) is 0 Å². The number of aliphatic hydroxyl groups is 1. The highest BCUT2D eigenvalue weighted by molar-refractivity contribution is 7.21. The zero-order valence-electron chi connectivity index (χ0n) is 6.19. The third kappa shape index (κ3) is 1.13. The van der Waals surface area contributed by atoms with E-state index < -0.39 is 0 Å². The zero-order chi connectivity index (χ0) is 8.55. The summed E-state index contributed by atoms with van der Waals surface area (Å²) in [7, 11) is 0. The first-order chi connectivity index (χ1) is 5.79. The molecule has 2 rings (SSSR count). The molecule has 0 fully saturated rings. The van der Waals surface area contributed by atoms with Crippen molar-refractivity contribution in [2.75, 3.05) is 5.73 Å². The smallest absolute Gasteiger partial charge is 0.182 e. The molecule has 0 saturated heterocycles. The summed E-state index contributed by atoms with van der Waals surface area (Å²) in [6, 6.07) is 3.54. The van der Waals surface area contributed by atoms with E-state index in [1.54, 1.807) is 12.1 Å². The lowest BCUT2D eigenvalue weighted by molar-refractivity contribution is 0.277. The Bertz CT molecular complexity index is 412. The average Bonchev–Trinajstić information content (AvgIpc) is 2.43. The van der Waals surface area contributed by atoms with Gasteiger partial charge >= 0.3 is 0 Å². The Morgan fingerprint density at radius 3 is 3.00 bits per heavy atom. The molecule has 4 nitrogen and oxygen atoms in total. The van der Waals surface area contributed by atoms with Crippen LogP contribution < -0.4 is 5.73 Å². The SMILES string of the molecule is Nc1nc2ccc(CO)nc2s1. The van der Waals surface area contributed by atoms with Gasteiger partial charge in [0.25, 0.3) is 0 Å². The highest BCUT2D eigenvalue weighted by atomic mass is 32.1. The van der Waals surface area contributed by atoms with Gasteiger partial charge in [-0.2, -0.15) is 0 Å². The van der Waals surface area contributed by atoms with E-state index in [2.05, 4.69) is 9.97 Å². The lowest BCUT2D eigenvalue weighted by Gasteiger charge is -1.91. The second-order valence-corrected chi connectivity index (χ2v) is 3.35. The minimum atomic E-state index is -0.0479. The van der Waals surface area contributed by atoms with Crippen LogP contribution in [0.1, 0.15) is 5.69 Å². The van der Waals surface area contributed by atoms with E-state index in [-0.39, 0.29) is 6.61 Å². The Balaban J connectivity index is 2.66. The van der Waals surface area contributed by atoms with Crippen molar-refractivity contribution < 1.29 is 5.11 Å². The van der Waals surface area contributed by atoms with Crippen LogP contribution in [0.2, 0.25) is 0 Å². The van der Waals surface area contributed by atoms with Gasteiger partial charge in [-0.25, -0.2) is 9.97 Å². The molecule has 0 radical (unpaired) electrons. The molecule has 0 aliphatic rings. The molecule has 2 heterocycles. The molecule has 0 aliphatic heterocycles. The van der Waals surface area contributed by atoms with Crippen LogP contribution >= 0.6 is 11.3 Å². The summed E-state index contributed by atoms with van der Waals surface area (Å²) in [6.07, 6.45) is 0. The molecule has 0 bridgehead atoms. The van der Waals surface area contributed by atoms with E-state index in [9.17, 15) is 0 Å². The Morgan fingerprint density at radius 1 is 1.42 bits per heavy atom.